The van der Waals surface area contributed by atoms with E-state index >= 15 is 0 Å². The first-order valence-corrected chi connectivity index (χ1v) is 9.19. The molecule has 8 heteroatoms. The predicted molar refractivity (Wildman–Crippen MR) is 110 cm³/mol. The van der Waals surface area contributed by atoms with E-state index in [0.29, 0.717) is 21.7 Å². The Bertz CT molecular complexity index is 730. The van der Waals surface area contributed by atoms with Gasteiger partial charge in [0.2, 0.25) is 0 Å². The first-order chi connectivity index (χ1) is 11.8. The largest absolute Gasteiger partial charge is 0.362 e. The maximum Gasteiger partial charge on any atom is 0.171 e. The van der Waals surface area contributed by atoms with Crippen LogP contribution in [0.1, 0.15) is 17.7 Å². The summed E-state index contributed by atoms with van der Waals surface area (Å²) in [6.45, 7) is 4.47. The molecule has 25 heavy (non-hydrogen) atoms. The van der Waals surface area contributed by atoms with Crippen molar-refractivity contribution in [3.05, 3.63) is 45.6 Å². The molecule has 1 aromatic heterocycles. The fraction of sp³-hybridized carbons (Fsp3) is 0.412. The van der Waals surface area contributed by atoms with E-state index in [4.69, 9.17) is 35.4 Å². The summed E-state index contributed by atoms with van der Waals surface area (Å²) in [5.41, 5.74) is 2.07. The van der Waals surface area contributed by atoms with Crippen molar-refractivity contribution >= 4 is 46.4 Å². The van der Waals surface area contributed by atoms with Crippen molar-refractivity contribution in [2.24, 2.45) is 0 Å². The van der Waals surface area contributed by atoms with Crippen LogP contribution in [0, 0.1) is 6.92 Å². The van der Waals surface area contributed by atoms with Gasteiger partial charge >= 0.3 is 0 Å². The van der Waals surface area contributed by atoms with Crippen molar-refractivity contribution in [2.75, 3.05) is 32.5 Å². The lowest BCUT2D eigenvalue weighted by Gasteiger charge is -2.11. The minimum absolute atomic E-state index is 0.547. The highest BCUT2D eigenvalue weighted by molar-refractivity contribution is 7.80. The molecule has 1 aromatic carbocycles. The van der Waals surface area contributed by atoms with Gasteiger partial charge in [-0.3, -0.25) is 4.68 Å². The van der Waals surface area contributed by atoms with Crippen LogP contribution in [0.15, 0.2) is 24.3 Å². The number of aromatic nitrogens is 2. The Morgan fingerprint density at radius 2 is 2.00 bits per heavy atom. The standard InChI is InChI=1S/C17H23Cl2N5S/c1-12-9-16(21-17(25)20-7-4-8-23(2)3)22-24(12)11-13-5-6-14(18)15(19)10-13/h5-6,9-10H,4,7-8,11H2,1-3H3,(H2,20,21,22,25). The molecule has 2 aromatic rings. The Kier molecular flexibility index (Phi) is 7.50. The molecular weight excluding hydrogens is 377 g/mol. The van der Waals surface area contributed by atoms with E-state index in [2.05, 4.69) is 34.7 Å². The fourth-order valence-corrected chi connectivity index (χ4v) is 2.83. The Balaban J connectivity index is 1.90. The van der Waals surface area contributed by atoms with Gasteiger partial charge in [-0.2, -0.15) is 5.10 Å². The van der Waals surface area contributed by atoms with Crippen LogP contribution in [0.2, 0.25) is 10.0 Å². The summed E-state index contributed by atoms with van der Waals surface area (Å²) in [6, 6.07) is 7.56. The van der Waals surface area contributed by atoms with Gasteiger partial charge in [-0.25, -0.2) is 0 Å². The number of benzene rings is 1. The molecule has 5 nitrogen and oxygen atoms in total. The van der Waals surface area contributed by atoms with Crippen molar-refractivity contribution in [3.63, 3.8) is 0 Å². The number of anilines is 1. The van der Waals surface area contributed by atoms with Crippen molar-refractivity contribution < 1.29 is 0 Å². The van der Waals surface area contributed by atoms with E-state index < -0.39 is 0 Å². The molecule has 0 unspecified atom stereocenters. The van der Waals surface area contributed by atoms with Crippen LogP contribution in [0.25, 0.3) is 0 Å². The summed E-state index contributed by atoms with van der Waals surface area (Å²) in [4.78, 5) is 2.15. The number of thiocarbonyl (C=S) groups is 1. The molecule has 2 N–H and O–H groups in total. The number of rotatable bonds is 7. The lowest BCUT2D eigenvalue weighted by Crippen LogP contribution is -2.31. The lowest BCUT2D eigenvalue weighted by molar-refractivity contribution is 0.400. The molecule has 136 valence electrons. The lowest BCUT2D eigenvalue weighted by atomic mass is 10.2. The number of nitrogens with zero attached hydrogens (tertiary/aromatic N) is 3. The van der Waals surface area contributed by atoms with Crippen LogP contribution in [0.3, 0.4) is 0 Å². The quantitative estimate of drug-likeness (QED) is 0.547. The average Bonchev–Trinajstić information content (AvgIpc) is 2.87. The van der Waals surface area contributed by atoms with E-state index in [1.165, 1.54) is 0 Å². The van der Waals surface area contributed by atoms with Gasteiger partial charge in [0.05, 0.1) is 16.6 Å². The average molecular weight is 400 g/mol. The van der Waals surface area contributed by atoms with Gasteiger partial charge in [0, 0.05) is 18.3 Å². The third-order valence-corrected chi connectivity index (χ3v) is 4.59. The van der Waals surface area contributed by atoms with Gasteiger partial charge in [0.25, 0.3) is 0 Å². The molecule has 0 spiro atoms. The molecule has 0 saturated carbocycles. The van der Waals surface area contributed by atoms with Crippen molar-refractivity contribution in [3.8, 4) is 0 Å². The Morgan fingerprint density at radius 1 is 1.24 bits per heavy atom. The fourth-order valence-electron chi connectivity index (χ4n) is 2.30. The van der Waals surface area contributed by atoms with Gasteiger partial charge in [-0.1, -0.05) is 29.3 Å². The summed E-state index contributed by atoms with van der Waals surface area (Å²) >= 11 is 17.3. The minimum Gasteiger partial charge on any atom is -0.362 e. The number of hydrogen-bond donors (Lipinski definition) is 2. The van der Waals surface area contributed by atoms with Crippen LogP contribution in [0.5, 0.6) is 0 Å². The van der Waals surface area contributed by atoms with Crippen LogP contribution >= 0.6 is 35.4 Å². The van der Waals surface area contributed by atoms with Crippen LogP contribution in [-0.4, -0.2) is 47.0 Å². The number of hydrogen-bond acceptors (Lipinski definition) is 3. The van der Waals surface area contributed by atoms with Gasteiger partial charge < -0.3 is 15.5 Å². The monoisotopic (exact) mass is 399 g/mol. The molecule has 0 saturated heterocycles. The van der Waals surface area contributed by atoms with Crippen molar-refractivity contribution in [1.29, 1.82) is 0 Å². The Hall–Kier alpha value is -1.34. The molecule has 0 atom stereocenters. The predicted octanol–water partition coefficient (Wildman–Crippen LogP) is 3.78. The SMILES string of the molecule is Cc1cc(NC(=S)NCCCN(C)C)nn1Cc1ccc(Cl)c(Cl)c1. The highest BCUT2D eigenvalue weighted by Gasteiger charge is 2.07. The third kappa shape index (κ3) is 6.47. The van der Waals surface area contributed by atoms with E-state index in [0.717, 1.165) is 36.6 Å². The smallest absolute Gasteiger partial charge is 0.171 e. The van der Waals surface area contributed by atoms with E-state index in [9.17, 15) is 0 Å². The first kappa shape index (κ1) is 20.0. The maximum atomic E-state index is 6.07. The first-order valence-electron chi connectivity index (χ1n) is 8.03. The van der Waals surface area contributed by atoms with Gasteiger partial charge in [0.1, 0.15) is 0 Å². The van der Waals surface area contributed by atoms with Gasteiger partial charge in [0.15, 0.2) is 10.9 Å². The summed E-state index contributed by atoms with van der Waals surface area (Å²) in [5, 5.41) is 12.5. The summed E-state index contributed by atoms with van der Waals surface area (Å²) in [7, 11) is 4.11. The minimum atomic E-state index is 0.547. The molecule has 0 fully saturated rings. The second-order valence-corrected chi connectivity index (χ2v) is 7.34. The Labute approximate surface area is 164 Å². The molecule has 1 heterocycles. The second kappa shape index (κ2) is 9.38. The normalized spacial score (nSPS) is 11.0. The van der Waals surface area contributed by atoms with E-state index in [-0.39, 0.29) is 0 Å². The molecular formula is C17H23Cl2N5S. The Morgan fingerprint density at radius 3 is 2.68 bits per heavy atom. The van der Waals surface area contributed by atoms with Crippen molar-refractivity contribution in [2.45, 2.75) is 19.9 Å². The van der Waals surface area contributed by atoms with E-state index in [1.807, 2.05) is 29.8 Å². The molecule has 0 aliphatic heterocycles. The van der Waals surface area contributed by atoms with Crippen molar-refractivity contribution in [1.82, 2.24) is 20.0 Å². The highest BCUT2D eigenvalue weighted by Crippen LogP contribution is 2.23. The maximum absolute atomic E-state index is 6.07. The van der Waals surface area contributed by atoms with Crippen LogP contribution < -0.4 is 10.6 Å². The molecule has 0 aliphatic carbocycles. The molecule has 2 rings (SSSR count). The van der Waals surface area contributed by atoms with Gasteiger partial charge in [-0.15, -0.1) is 0 Å². The second-order valence-electron chi connectivity index (χ2n) is 6.11. The molecule has 0 aliphatic rings. The third-order valence-electron chi connectivity index (χ3n) is 3.61. The molecule has 0 amide bonds. The zero-order valence-corrected chi connectivity index (χ0v) is 17.0. The number of halogens is 2. The van der Waals surface area contributed by atoms with Crippen LogP contribution in [0.4, 0.5) is 5.82 Å². The molecule has 0 bridgehead atoms. The zero-order chi connectivity index (χ0) is 18.4. The highest BCUT2D eigenvalue weighted by atomic mass is 35.5. The number of aryl methyl sites for hydroxylation is 1. The summed E-state index contributed by atoms with van der Waals surface area (Å²) < 4.78 is 1.90. The molecule has 0 radical (unpaired) electrons. The van der Waals surface area contributed by atoms with E-state index in [1.54, 1.807) is 6.07 Å². The topological polar surface area (TPSA) is 45.1 Å². The van der Waals surface area contributed by atoms with Crippen LogP contribution in [-0.2, 0) is 6.54 Å². The van der Waals surface area contributed by atoms with Gasteiger partial charge in [-0.05, 0) is 63.9 Å². The summed E-state index contributed by atoms with van der Waals surface area (Å²) in [6.07, 6.45) is 1.03. The summed E-state index contributed by atoms with van der Waals surface area (Å²) in [5.74, 6) is 0.725. The zero-order valence-electron chi connectivity index (χ0n) is 14.6. The number of nitrogens with one attached hydrogen (secondary N) is 2.